The highest BCUT2D eigenvalue weighted by Gasteiger charge is 2.41. The molecule has 35 heavy (non-hydrogen) atoms. The monoisotopic (exact) mass is 501 g/mol. The molecule has 0 saturated carbocycles. The topological polar surface area (TPSA) is 77.0 Å². The number of rotatable bonds is 5. The molecule has 1 aliphatic heterocycles. The number of nitrogens with zero attached hydrogens (tertiary/aromatic N) is 4. The summed E-state index contributed by atoms with van der Waals surface area (Å²) in [6, 6.07) is 2.32. The van der Waals surface area contributed by atoms with Crippen molar-refractivity contribution < 1.29 is 35.5 Å². The average Bonchev–Trinajstić information content (AvgIpc) is 3.17. The fraction of sp³-hybridized carbons (Fsp3) is 0.318. The van der Waals surface area contributed by atoms with Crippen molar-refractivity contribution in [2.45, 2.75) is 38.1 Å². The molecule has 0 fully saturated rings. The van der Waals surface area contributed by atoms with Crippen molar-refractivity contribution >= 4 is 5.91 Å². The number of amides is 1. The van der Waals surface area contributed by atoms with Crippen molar-refractivity contribution in [2.24, 2.45) is 5.73 Å². The normalized spacial score (nSPS) is 14.7. The van der Waals surface area contributed by atoms with Gasteiger partial charge in [0.1, 0.15) is 5.82 Å². The summed E-state index contributed by atoms with van der Waals surface area (Å²) >= 11 is 0. The molecular weight excluding hydrogens is 483 g/mol. The number of halogens is 7. The molecule has 0 aliphatic carbocycles. The Bertz CT molecular complexity index is 1270. The van der Waals surface area contributed by atoms with Crippen molar-refractivity contribution in [2.75, 3.05) is 6.54 Å². The molecule has 1 unspecified atom stereocenters. The van der Waals surface area contributed by atoms with Crippen LogP contribution in [0.5, 0.6) is 0 Å². The van der Waals surface area contributed by atoms with Crippen LogP contribution in [0.4, 0.5) is 30.7 Å². The first-order valence-electron chi connectivity index (χ1n) is 10.4. The lowest BCUT2D eigenvalue weighted by atomic mass is 10.0. The van der Waals surface area contributed by atoms with E-state index >= 15 is 0 Å². The molecule has 3 aromatic rings. The minimum absolute atomic E-state index is 0.0581. The summed E-state index contributed by atoms with van der Waals surface area (Å²) < 4.78 is 95.6. The van der Waals surface area contributed by atoms with Gasteiger partial charge in [-0.05, 0) is 24.1 Å². The van der Waals surface area contributed by atoms with Crippen molar-refractivity contribution in [3.05, 3.63) is 70.9 Å². The van der Waals surface area contributed by atoms with Gasteiger partial charge in [0, 0.05) is 49.4 Å². The molecule has 0 radical (unpaired) electrons. The molecule has 1 amide bonds. The van der Waals surface area contributed by atoms with E-state index in [2.05, 4.69) is 9.97 Å². The lowest BCUT2D eigenvalue weighted by molar-refractivity contribution is -0.148. The molecule has 2 N–H and O–H groups in total. The Morgan fingerprint density at radius 2 is 1.77 bits per heavy atom. The van der Waals surface area contributed by atoms with Crippen LogP contribution in [-0.2, 0) is 30.5 Å². The lowest BCUT2D eigenvalue weighted by Crippen LogP contribution is -2.42. The van der Waals surface area contributed by atoms with E-state index in [9.17, 15) is 35.5 Å². The summed E-state index contributed by atoms with van der Waals surface area (Å²) in [7, 11) is 0. The van der Waals surface area contributed by atoms with E-state index in [-0.39, 0.29) is 55.0 Å². The predicted octanol–water partition coefficient (Wildman–Crippen LogP) is 3.82. The van der Waals surface area contributed by atoms with E-state index in [0.717, 1.165) is 16.8 Å². The average molecular weight is 501 g/mol. The molecule has 1 aliphatic rings. The third-order valence-electron chi connectivity index (χ3n) is 5.62. The summed E-state index contributed by atoms with van der Waals surface area (Å²) in [5.41, 5.74) is 5.70. The van der Waals surface area contributed by atoms with Crippen LogP contribution >= 0.6 is 0 Å². The molecule has 1 atom stereocenters. The maximum atomic E-state index is 13.9. The molecule has 186 valence electrons. The molecule has 2 aromatic heterocycles. The van der Waals surface area contributed by atoms with Gasteiger partial charge < -0.3 is 15.2 Å². The van der Waals surface area contributed by atoms with Gasteiger partial charge in [-0.25, -0.2) is 23.1 Å². The van der Waals surface area contributed by atoms with E-state index in [1.54, 1.807) is 0 Å². The highest BCUT2D eigenvalue weighted by atomic mass is 19.4. The third-order valence-corrected chi connectivity index (χ3v) is 5.62. The molecule has 0 saturated heterocycles. The minimum Gasteiger partial charge on any atom is -0.335 e. The number of pyridine rings is 1. The van der Waals surface area contributed by atoms with Gasteiger partial charge in [-0.3, -0.25) is 4.79 Å². The molecule has 0 spiro atoms. The van der Waals surface area contributed by atoms with Crippen molar-refractivity contribution in [1.29, 1.82) is 0 Å². The number of benzene rings is 1. The smallest absolute Gasteiger partial charge is 0.335 e. The van der Waals surface area contributed by atoms with Crippen LogP contribution in [0, 0.1) is 23.4 Å². The minimum atomic E-state index is -4.78. The van der Waals surface area contributed by atoms with Crippen LogP contribution in [0.25, 0.3) is 11.3 Å². The summed E-state index contributed by atoms with van der Waals surface area (Å²) in [6.07, 6.45) is -4.27. The van der Waals surface area contributed by atoms with Crippen LogP contribution in [-0.4, -0.2) is 37.9 Å². The summed E-state index contributed by atoms with van der Waals surface area (Å²) in [6.45, 7) is -0.557. The Kier molecular flexibility index (Phi) is 6.54. The van der Waals surface area contributed by atoms with Gasteiger partial charge in [-0.2, -0.15) is 17.6 Å². The summed E-state index contributed by atoms with van der Waals surface area (Å²) in [5, 5.41) is 0. The number of aromatic nitrogens is 3. The zero-order valence-electron chi connectivity index (χ0n) is 17.9. The Hall–Kier alpha value is -3.48. The number of fused-ring (bicyclic) bond motifs is 1. The summed E-state index contributed by atoms with van der Waals surface area (Å²) in [4.78, 5) is 21.1. The fourth-order valence-electron chi connectivity index (χ4n) is 4.01. The second-order valence-corrected chi connectivity index (χ2v) is 8.09. The Balaban J connectivity index is 1.55. The first-order chi connectivity index (χ1) is 16.4. The van der Waals surface area contributed by atoms with Gasteiger partial charge in [0.2, 0.25) is 17.7 Å². The number of carbonyl (C=O) groups excluding carboxylic acids is 1. The van der Waals surface area contributed by atoms with Gasteiger partial charge >= 0.3 is 6.18 Å². The van der Waals surface area contributed by atoms with Crippen LogP contribution in [0.15, 0.2) is 30.5 Å². The maximum Gasteiger partial charge on any atom is 0.449 e. The van der Waals surface area contributed by atoms with Gasteiger partial charge in [0.15, 0.2) is 11.6 Å². The molecule has 1 aromatic carbocycles. The Labute approximate surface area is 194 Å². The van der Waals surface area contributed by atoms with Crippen molar-refractivity contribution in [1.82, 2.24) is 19.4 Å². The van der Waals surface area contributed by atoms with Gasteiger partial charge in [-0.15, -0.1) is 0 Å². The number of imidazole rings is 1. The molecule has 4 rings (SSSR count). The quantitative estimate of drug-likeness (QED) is 0.328. The third kappa shape index (κ3) is 5.14. The standard InChI is InChI=1S/C22H18F7N5O/c23-14-9-16(25)15(24)6-12(14)5-13(30)8-19(35)33-3-4-34-17(10-33)20(32-21(34)22(27,28)29)11-1-2-31-18(26)7-11/h1-2,6-7,9,13H,3-5,8,10,30H2. The SMILES string of the molecule is NC(CC(=O)N1CCn2c(C(F)(F)F)nc(-c3ccnc(F)c3)c2C1)Cc1cc(F)c(F)cc1F. The highest BCUT2D eigenvalue weighted by molar-refractivity contribution is 5.77. The molecule has 0 bridgehead atoms. The van der Waals surface area contributed by atoms with Crippen LogP contribution in [0.2, 0.25) is 0 Å². The predicted molar refractivity (Wildman–Crippen MR) is 108 cm³/mol. The van der Waals surface area contributed by atoms with E-state index < -0.39 is 47.3 Å². The van der Waals surface area contributed by atoms with Crippen LogP contribution in [0.1, 0.15) is 23.5 Å². The second-order valence-electron chi connectivity index (χ2n) is 8.09. The Morgan fingerprint density at radius 1 is 1.06 bits per heavy atom. The molecule has 3 heterocycles. The van der Waals surface area contributed by atoms with E-state index in [4.69, 9.17) is 5.73 Å². The van der Waals surface area contributed by atoms with E-state index in [1.165, 1.54) is 11.0 Å². The van der Waals surface area contributed by atoms with E-state index in [0.29, 0.717) is 12.1 Å². The number of alkyl halides is 3. The van der Waals surface area contributed by atoms with Crippen LogP contribution in [0.3, 0.4) is 0 Å². The van der Waals surface area contributed by atoms with Crippen LogP contribution < -0.4 is 5.73 Å². The fourth-order valence-corrected chi connectivity index (χ4v) is 4.01. The number of nitrogens with two attached hydrogens (primary N) is 1. The molecular formula is C22H18F7N5O. The zero-order chi connectivity index (χ0) is 25.5. The largest absolute Gasteiger partial charge is 0.449 e. The van der Waals surface area contributed by atoms with Gasteiger partial charge in [0.25, 0.3) is 0 Å². The Morgan fingerprint density at radius 3 is 2.46 bits per heavy atom. The first kappa shape index (κ1) is 24.6. The zero-order valence-corrected chi connectivity index (χ0v) is 17.9. The lowest BCUT2D eigenvalue weighted by Gasteiger charge is -2.30. The first-order valence-corrected chi connectivity index (χ1v) is 10.4. The molecule has 6 nitrogen and oxygen atoms in total. The van der Waals surface area contributed by atoms with Gasteiger partial charge in [0.05, 0.1) is 17.9 Å². The van der Waals surface area contributed by atoms with E-state index in [1.807, 2.05) is 0 Å². The number of carbonyl (C=O) groups is 1. The van der Waals surface area contributed by atoms with Crippen molar-refractivity contribution in [3.8, 4) is 11.3 Å². The number of hydrogen-bond acceptors (Lipinski definition) is 4. The highest BCUT2D eigenvalue weighted by Crippen LogP contribution is 2.36. The van der Waals surface area contributed by atoms with Gasteiger partial charge in [-0.1, -0.05) is 0 Å². The van der Waals surface area contributed by atoms with Crippen molar-refractivity contribution in [3.63, 3.8) is 0 Å². The second kappa shape index (κ2) is 9.29. The maximum absolute atomic E-state index is 13.9. The summed E-state index contributed by atoms with van der Waals surface area (Å²) in [5.74, 6) is -6.24. The molecule has 13 heteroatoms. The number of hydrogen-bond donors (Lipinski definition) is 1.